The minimum atomic E-state index is -0.667. The fraction of sp³-hybridized carbons (Fsp3) is 0.478. The smallest absolute Gasteiger partial charge is 0.408 e. The molecule has 1 aliphatic heterocycles. The highest BCUT2D eigenvalue weighted by molar-refractivity contribution is 5.94. The van der Waals surface area contributed by atoms with E-state index < -0.39 is 12.1 Å². The Hall–Kier alpha value is -3.36. The minimum absolute atomic E-state index is 0.00643. The van der Waals surface area contributed by atoms with Gasteiger partial charge in [0.2, 0.25) is 5.91 Å². The molecule has 3 rings (SSSR count). The van der Waals surface area contributed by atoms with E-state index in [0.717, 1.165) is 5.56 Å². The highest BCUT2D eigenvalue weighted by atomic mass is 16.5. The number of benzene rings is 1. The van der Waals surface area contributed by atoms with Crippen molar-refractivity contribution in [2.45, 2.75) is 45.4 Å². The van der Waals surface area contributed by atoms with Crippen molar-refractivity contribution in [2.24, 2.45) is 13.0 Å². The summed E-state index contributed by atoms with van der Waals surface area (Å²) < 4.78 is 6.86. The summed E-state index contributed by atoms with van der Waals surface area (Å²) in [4.78, 5) is 39.4. The van der Waals surface area contributed by atoms with Crippen LogP contribution in [0.2, 0.25) is 0 Å². The van der Waals surface area contributed by atoms with Crippen LogP contribution in [0, 0.1) is 5.92 Å². The standard InChI is InChI=1S/C23H31N5O4/c1-16(2)20(26-23(31)32-15-17-7-5-4-6-8-17)22(30)28-11-9-19(10-12-28)25-21(29)18-13-24-27(3)14-18/h4-8,13-14,16,19-20H,9-12,15H2,1-3H3,(H,25,29)(H,26,31)/t20-/m0/s1. The molecule has 0 unspecified atom stereocenters. The fourth-order valence-corrected chi connectivity index (χ4v) is 3.65. The van der Waals surface area contributed by atoms with Gasteiger partial charge in [0.1, 0.15) is 12.6 Å². The number of hydrogen-bond acceptors (Lipinski definition) is 5. The lowest BCUT2D eigenvalue weighted by Gasteiger charge is -2.35. The van der Waals surface area contributed by atoms with Crippen molar-refractivity contribution in [1.29, 1.82) is 0 Å². The average Bonchev–Trinajstić information content (AvgIpc) is 3.23. The maximum absolute atomic E-state index is 13.1. The predicted molar refractivity (Wildman–Crippen MR) is 119 cm³/mol. The number of carbonyl (C=O) groups is 3. The molecular weight excluding hydrogens is 410 g/mol. The molecule has 0 aliphatic carbocycles. The Morgan fingerprint density at radius 1 is 1.16 bits per heavy atom. The molecule has 1 atom stereocenters. The first-order chi connectivity index (χ1) is 15.3. The van der Waals surface area contributed by atoms with Crippen molar-refractivity contribution in [3.63, 3.8) is 0 Å². The van der Waals surface area contributed by atoms with Crippen LogP contribution in [0.4, 0.5) is 4.79 Å². The molecule has 2 N–H and O–H groups in total. The molecule has 9 nitrogen and oxygen atoms in total. The molecular formula is C23H31N5O4. The van der Waals surface area contributed by atoms with Gasteiger partial charge in [-0.1, -0.05) is 44.2 Å². The van der Waals surface area contributed by atoms with Crippen molar-refractivity contribution >= 4 is 17.9 Å². The van der Waals surface area contributed by atoms with E-state index in [1.165, 1.54) is 6.20 Å². The quantitative estimate of drug-likeness (QED) is 0.685. The first-order valence-electron chi connectivity index (χ1n) is 10.9. The van der Waals surface area contributed by atoms with E-state index in [4.69, 9.17) is 4.74 Å². The highest BCUT2D eigenvalue weighted by Gasteiger charge is 2.32. The Morgan fingerprint density at radius 3 is 2.44 bits per heavy atom. The second-order valence-electron chi connectivity index (χ2n) is 8.40. The molecule has 0 bridgehead atoms. The molecule has 2 heterocycles. The summed E-state index contributed by atoms with van der Waals surface area (Å²) in [5.74, 6) is -0.380. The highest BCUT2D eigenvalue weighted by Crippen LogP contribution is 2.15. The number of aromatic nitrogens is 2. The zero-order valence-electron chi connectivity index (χ0n) is 18.8. The number of nitrogens with one attached hydrogen (secondary N) is 2. The van der Waals surface area contributed by atoms with Crippen LogP contribution >= 0.6 is 0 Å². The Balaban J connectivity index is 1.47. The van der Waals surface area contributed by atoms with Gasteiger partial charge in [-0.15, -0.1) is 0 Å². The van der Waals surface area contributed by atoms with Gasteiger partial charge < -0.3 is 20.3 Å². The van der Waals surface area contributed by atoms with Crippen LogP contribution in [-0.2, 0) is 23.2 Å². The maximum atomic E-state index is 13.1. The van der Waals surface area contributed by atoms with Gasteiger partial charge in [-0.2, -0.15) is 5.10 Å². The number of piperidine rings is 1. The van der Waals surface area contributed by atoms with E-state index >= 15 is 0 Å². The predicted octanol–water partition coefficient (Wildman–Crippen LogP) is 2.09. The van der Waals surface area contributed by atoms with Crippen LogP contribution in [0.5, 0.6) is 0 Å². The lowest BCUT2D eigenvalue weighted by atomic mass is 9.99. The summed E-state index contributed by atoms with van der Waals surface area (Å²) in [6, 6.07) is 8.71. The maximum Gasteiger partial charge on any atom is 0.408 e. The van der Waals surface area contributed by atoms with Crippen LogP contribution < -0.4 is 10.6 Å². The van der Waals surface area contributed by atoms with Gasteiger partial charge in [0.15, 0.2) is 0 Å². The second kappa shape index (κ2) is 10.8. The summed E-state index contributed by atoms with van der Waals surface area (Å²) in [7, 11) is 1.76. The topological polar surface area (TPSA) is 106 Å². The number of rotatable bonds is 7. The van der Waals surface area contributed by atoms with Crippen LogP contribution in [-0.4, -0.2) is 57.8 Å². The zero-order valence-corrected chi connectivity index (χ0v) is 18.8. The third-order valence-electron chi connectivity index (χ3n) is 5.53. The number of amides is 3. The lowest BCUT2D eigenvalue weighted by Crippen LogP contribution is -2.54. The zero-order chi connectivity index (χ0) is 23.1. The van der Waals surface area contributed by atoms with Crippen molar-refractivity contribution in [3.05, 3.63) is 53.9 Å². The second-order valence-corrected chi connectivity index (χ2v) is 8.40. The normalized spacial score (nSPS) is 15.3. The summed E-state index contributed by atoms with van der Waals surface area (Å²) in [6.07, 6.45) is 3.90. The Bertz CT molecular complexity index is 919. The molecule has 0 spiro atoms. The summed E-state index contributed by atoms with van der Waals surface area (Å²) >= 11 is 0. The van der Waals surface area contributed by atoms with E-state index in [0.29, 0.717) is 31.5 Å². The van der Waals surface area contributed by atoms with Crippen molar-refractivity contribution < 1.29 is 19.1 Å². The SMILES string of the molecule is CC(C)[C@H](NC(=O)OCc1ccccc1)C(=O)N1CCC(NC(=O)c2cnn(C)c2)CC1. The molecule has 1 aliphatic rings. The number of hydrogen-bond donors (Lipinski definition) is 2. The van der Waals surface area contributed by atoms with Gasteiger partial charge in [0.25, 0.3) is 5.91 Å². The molecule has 9 heteroatoms. The van der Waals surface area contributed by atoms with Crippen LogP contribution in [0.25, 0.3) is 0 Å². The van der Waals surface area contributed by atoms with Crippen LogP contribution in [0.3, 0.4) is 0 Å². The number of likely N-dealkylation sites (tertiary alicyclic amines) is 1. The average molecular weight is 442 g/mol. The van der Waals surface area contributed by atoms with E-state index in [2.05, 4.69) is 15.7 Å². The first kappa shape index (κ1) is 23.3. The van der Waals surface area contributed by atoms with E-state index in [1.807, 2.05) is 44.2 Å². The lowest BCUT2D eigenvalue weighted by molar-refractivity contribution is -0.135. The van der Waals surface area contributed by atoms with Gasteiger partial charge in [-0.05, 0) is 24.3 Å². The monoisotopic (exact) mass is 441 g/mol. The Labute approximate surface area is 188 Å². The Morgan fingerprint density at radius 2 is 1.84 bits per heavy atom. The number of alkyl carbamates (subject to hydrolysis) is 1. The van der Waals surface area contributed by atoms with E-state index in [9.17, 15) is 14.4 Å². The third kappa shape index (κ3) is 6.32. The summed E-state index contributed by atoms with van der Waals surface area (Å²) in [5.41, 5.74) is 1.40. The first-order valence-corrected chi connectivity index (χ1v) is 10.9. The van der Waals surface area contributed by atoms with Crippen molar-refractivity contribution in [2.75, 3.05) is 13.1 Å². The van der Waals surface area contributed by atoms with Crippen molar-refractivity contribution in [1.82, 2.24) is 25.3 Å². The van der Waals surface area contributed by atoms with Gasteiger partial charge in [0, 0.05) is 32.4 Å². The molecule has 1 aromatic heterocycles. The number of aryl methyl sites for hydroxylation is 1. The van der Waals surface area contributed by atoms with Crippen LogP contribution in [0.15, 0.2) is 42.7 Å². The molecule has 2 aromatic rings. The molecule has 1 fully saturated rings. The molecule has 1 aromatic carbocycles. The molecule has 32 heavy (non-hydrogen) atoms. The molecule has 3 amide bonds. The van der Waals surface area contributed by atoms with Crippen molar-refractivity contribution in [3.8, 4) is 0 Å². The van der Waals surface area contributed by atoms with Gasteiger partial charge in [0.05, 0.1) is 11.8 Å². The molecule has 172 valence electrons. The third-order valence-corrected chi connectivity index (χ3v) is 5.53. The largest absolute Gasteiger partial charge is 0.445 e. The minimum Gasteiger partial charge on any atom is -0.445 e. The molecule has 0 radical (unpaired) electrons. The number of carbonyl (C=O) groups excluding carboxylic acids is 3. The fourth-order valence-electron chi connectivity index (χ4n) is 3.65. The van der Waals surface area contributed by atoms with Crippen LogP contribution in [0.1, 0.15) is 42.6 Å². The van der Waals surface area contributed by atoms with E-state index in [-0.39, 0.29) is 30.4 Å². The summed E-state index contributed by atoms with van der Waals surface area (Å²) in [5, 5.41) is 9.74. The molecule has 1 saturated heterocycles. The number of nitrogens with zero attached hydrogens (tertiary/aromatic N) is 3. The molecule has 0 saturated carbocycles. The van der Waals surface area contributed by atoms with Gasteiger partial charge >= 0.3 is 6.09 Å². The van der Waals surface area contributed by atoms with Gasteiger partial charge in [-0.25, -0.2) is 4.79 Å². The number of ether oxygens (including phenoxy) is 1. The summed E-state index contributed by atoms with van der Waals surface area (Å²) in [6.45, 7) is 4.96. The van der Waals surface area contributed by atoms with E-state index in [1.54, 1.807) is 22.8 Å². The Kier molecular flexibility index (Phi) is 7.86. The van der Waals surface area contributed by atoms with Gasteiger partial charge in [-0.3, -0.25) is 14.3 Å².